The van der Waals surface area contributed by atoms with Crippen LogP contribution in [0.2, 0.25) is 0 Å². The van der Waals surface area contributed by atoms with Gasteiger partial charge in [0.15, 0.2) is 5.13 Å². The lowest BCUT2D eigenvalue weighted by atomic mass is 10.1. The second-order valence-electron chi connectivity index (χ2n) is 2.79. The van der Waals surface area contributed by atoms with Crippen molar-refractivity contribution < 1.29 is 9.90 Å². The number of nitrogen functional groups attached to an aromatic ring is 1. The molecule has 1 aromatic rings. The van der Waals surface area contributed by atoms with E-state index in [1.54, 1.807) is 0 Å². The van der Waals surface area contributed by atoms with Crippen LogP contribution >= 0.6 is 11.3 Å². The summed E-state index contributed by atoms with van der Waals surface area (Å²) in [6, 6.07) is 0. The van der Waals surface area contributed by atoms with Gasteiger partial charge in [0.25, 0.3) is 0 Å². The van der Waals surface area contributed by atoms with Gasteiger partial charge < -0.3 is 10.8 Å². The molecule has 64 valence electrons. The topological polar surface area (TPSA) is 76.2 Å². The van der Waals surface area contributed by atoms with Gasteiger partial charge in [0.05, 0.1) is 5.69 Å². The molecular weight excluding hydrogens is 176 g/mol. The van der Waals surface area contributed by atoms with Gasteiger partial charge in [0.1, 0.15) is 5.92 Å². The van der Waals surface area contributed by atoms with Crippen molar-refractivity contribution in [1.82, 2.24) is 4.98 Å². The Bertz CT molecular complexity index is 334. The van der Waals surface area contributed by atoms with E-state index >= 15 is 0 Å². The van der Waals surface area contributed by atoms with Crippen molar-refractivity contribution in [3.63, 3.8) is 0 Å². The van der Waals surface area contributed by atoms with Crippen LogP contribution in [0.5, 0.6) is 0 Å². The van der Waals surface area contributed by atoms with Gasteiger partial charge >= 0.3 is 5.97 Å². The van der Waals surface area contributed by atoms with Crippen molar-refractivity contribution in [2.24, 2.45) is 0 Å². The van der Waals surface area contributed by atoms with Gasteiger partial charge in [-0.25, -0.2) is 4.98 Å². The number of carboxylic acid groups (broad SMARTS) is 1. The summed E-state index contributed by atoms with van der Waals surface area (Å²) in [5.74, 6) is -1.22. The van der Waals surface area contributed by atoms with E-state index in [0.717, 1.165) is 11.3 Å². The Hall–Kier alpha value is -1.10. The quantitative estimate of drug-likeness (QED) is 0.678. The number of aromatic nitrogens is 1. The van der Waals surface area contributed by atoms with E-state index in [1.807, 2.05) is 0 Å². The Labute approximate surface area is 73.0 Å². The first-order chi connectivity index (χ1) is 5.68. The highest BCUT2D eigenvalue weighted by Gasteiger charge is 2.31. The molecule has 5 heteroatoms. The van der Waals surface area contributed by atoms with E-state index < -0.39 is 11.9 Å². The lowest BCUT2D eigenvalue weighted by molar-refractivity contribution is -0.138. The van der Waals surface area contributed by atoms with E-state index in [2.05, 4.69) is 4.98 Å². The van der Waals surface area contributed by atoms with Crippen LogP contribution in [0.3, 0.4) is 0 Å². The number of rotatable bonds is 1. The maximum absolute atomic E-state index is 10.7. The lowest BCUT2D eigenvalue weighted by Gasteiger charge is -1.99. The summed E-state index contributed by atoms with van der Waals surface area (Å²) in [5, 5.41) is 9.27. The lowest BCUT2D eigenvalue weighted by Crippen LogP contribution is -2.08. The Morgan fingerprint density at radius 3 is 3.17 bits per heavy atom. The third-order valence-electron chi connectivity index (χ3n) is 2.03. The van der Waals surface area contributed by atoms with Crippen LogP contribution in [0.4, 0.5) is 5.13 Å². The number of nitrogens with two attached hydrogens (primary N) is 1. The first-order valence-electron chi connectivity index (χ1n) is 3.66. The molecule has 0 unspecified atom stereocenters. The smallest absolute Gasteiger partial charge is 0.312 e. The molecule has 0 saturated carbocycles. The van der Waals surface area contributed by atoms with Crippen LogP contribution in [-0.4, -0.2) is 16.1 Å². The van der Waals surface area contributed by atoms with E-state index in [9.17, 15) is 4.79 Å². The van der Waals surface area contributed by atoms with Crippen molar-refractivity contribution in [2.45, 2.75) is 18.8 Å². The maximum Gasteiger partial charge on any atom is 0.312 e. The number of hydrogen-bond donors (Lipinski definition) is 2. The summed E-state index contributed by atoms with van der Waals surface area (Å²) in [6.45, 7) is 0. The fraction of sp³-hybridized carbons (Fsp3) is 0.429. The summed E-state index contributed by atoms with van der Waals surface area (Å²) in [6.07, 6.45) is 1.48. The highest BCUT2D eigenvalue weighted by molar-refractivity contribution is 7.15. The van der Waals surface area contributed by atoms with Crippen LogP contribution in [0.15, 0.2) is 0 Å². The van der Waals surface area contributed by atoms with Gasteiger partial charge in [-0.15, -0.1) is 11.3 Å². The predicted molar refractivity (Wildman–Crippen MR) is 45.2 cm³/mol. The largest absolute Gasteiger partial charge is 0.481 e. The van der Waals surface area contributed by atoms with Crippen LogP contribution in [0, 0.1) is 0 Å². The normalized spacial score (nSPS) is 20.8. The fourth-order valence-corrected chi connectivity index (χ4v) is 2.40. The Balaban J connectivity index is 2.41. The molecule has 1 atom stereocenters. The molecular formula is C7H8N2O2S. The van der Waals surface area contributed by atoms with Gasteiger partial charge in [-0.3, -0.25) is 4.79 Å². The SMILES string of the molecule is Nc1nc2c(s1)CC[C@H]2C(=O)O. The van der Waals surface area contributed by atoms with Gasteiger partial charge in [-0.2, -0.15) is 0 Å². The second kappa shape index (κ2) is 2.45. The van der Waals surface area contributed by atoms with Gasteiger partial charge in [-0.1, -0.05) is 0 Å². The Morgan fingerprint density at radius 1 is 1.75 bits per heavy atom. The first kappa shape index (κ1) is 7.54. The number of carbonyl (C=O) groups is 1. The minimum Gasteiger partial charge on any atom is -0.481 e. The molecule has 1 heterocycles. The fourth-order valence-electron chi connectivity index (χ4n) is 1.49. The Kier molecular flexibility index (Phi) is 1.54. The van der Waals surface area contributed by atoms with Crippen LogP contribution < -0.4 is 5.73 Å². The van der Waals surface area contributed by atoms with Crippen molar-refractivity contribution in [2.75, 3.05) is 5.73 Å². The van der Waals surface area contributed by atoms with Crippen molar-refractivity contribution in [1.29, 1.82) is 0 Å². The molecule has 0 bridgehead atoms. The summed E-state index contributed by atoms with van der Waals surface area (Å²) in [5.41, 5.74) is 6.15. The highest BCUT2D eigenvalue weighted by atomic mass is 32.1. The molecule has 0 spiro atoms. The van der Waals surface area contributed by atoms with E-state index in [-0.39, 0.29) is 0 Å². The average Bonchev–Trinajstić information content (AvgIpc) is 2.43. The average molecular weight is 184 g/mol. The van der Waals surface area contributed by atoms with Crippen LogP contribution in [-0.2, 0) is 11.2 Å². The van der Waals surface area contributed by atoms with Gasteiger partial charge in [0.2, 0.25) is 0 Å². The molecule has 1 aliphatic carbocycles. The van der Waals surface area contributed by atoms with Crippen molar-refractivity contribution >= 4 is 22.4 Å². The molecule has 0 radical (unpaired) electrons. The minimum atomic E-state index is -0.793. The number of fused-ring (bicyclic) bond motifs is 1. The summed E-state index contributed by atoms with van der Waals surface area (Å²) < 4.78 is 0. The third-order valence-corrected chi connectivity index (χ3v) is 2.99. The van der Waals surface area contributed by atoms with Crippen LogP contribution in [0.1, 0.15) is 22.9 Å². The molecule has 0 saturated heterocycles. The molecule has 2 rings (SSSR count). The molecule has 0 aromatic carbocycles. The summed E-state index contributed by atoms with van der Waals surface area (Å²) in [4.78, 5) is 15.7. The Morgan fingerprint density at radius 2 is 2.50 bits per heavy atom. The first-order valence-corrected chi connectivity index (χ1v) is 4.48. The second-order valence-corrected chi connectivity index (χ2v) is 3.91. The molecule has 12 heavy (non-hydrogen) atoms. The number of nitrogens with zero attached hydrogens (tertiary/aromatic N) is 1. The summed E-state index contributed by atoms with van der Waals surface area (Å²) >= 11 is 1.40. The van der Waals surface area contributed by atoms with Crippen molar-refractivity contribution in [3.05, 3.63) is 10.6 Å². The number of thiazole rings is 1. The summed E-state index contributed by atoms with van der Waals surface area (Å²) in [7, 11) is 0. The zero-order valence-electron chi connectivity index (χ0n) is 6.28. The third kappa shape index (κ3) is 0.972. The minimum absolute atomic E-state index is 0.423. The number of hydrogen-bond acceptors (Lipinski definition) is 4. The molecule has 1 aromatic heterocycles. The maximum atomic E-state index is 10.7. The molecule has 0 aliphatic heterocycles. The zero-order chi connectivity index (χ0) is 8.72. The van der Waals surface area contributed by atoms with E-state index in [4.69, 9.17) is 10.8 Å². The monoisotopic (exact) mass is 184 g/mol. The molecule has 4 nitrogen and oxygen atoms in total. The number of aliphatic carboxylic acids is 1. The number of carboxylic acids is 1. The standard InChI is InChI=1S/C7H8N2O2S/c8-7-9-5-3(6(10)11)1-2-4(5)12-7/h3H,1-2H2,(H2,8,9)(H,10,11)/t3-/m1/s1. The molecule has 0 amide bonds. The molecule has 1 aliphatic rings. The van der Waals surface area contributed by atoms with E-state index in [0.29, 0.717) is 17.2 Å². The van der Waals surface area contributed by atoms with E-state index in [1.165, 1.54) is 11.3 Å². The van der Waals surface area contributed by atoms with Crippen LogP contribution in [0.25, 0.3) is 0 Å². The van der Waals surface area contributed by atoms with Gasteiger partial charge in [0, 0.05) is 4.88 Å². The number of aryl methyl sites for hydroxylation is 1. The highest BCUT2D eigenvalue weighted by Crippen LogP contribution is 2.37. The van der Waals surface area contributed by atoms with Crippen molar-refractivity contribution in [3.8, 4) is 0 Å². The van der Waals surface area contributed by atoms with Gasteiger partial charge in [-0.05, 0) is 12.8 Å². The zero-order valence-corrected chi connectivity index (χ0v) is 7.10. The molecule has 3 N–H and O–H groups in total. The predicted octanol–water partition coefficient (Wildman–Crippen LogP) is 0.840. The molecule has 0 fully saturated rings. The number of anilines is 1.